The van der Waals surface area contributed by atoms with Crippen LogP contribution in [0.25, 0.3) is 65.8 Å². The largest absolute Gasteiger partial charge is 0.455 e. The maximum Gasteiger partial charge on any atom is 0.150 e. The van der Waals surface area contributed by atoms with Crippen molar-refractivity contribution < 1.29 is 13.3 Å². The van der Waals surface area contributed by atoms with Crippen LogP contribution in [0.4, 0.5) is 0 Å². The number of aryl methyl sites for hydroxylation is 6. The fourth-order valence-electron chi connectivity index (χ4n) is 5.26. The Labute approximate surface area is 190 Å². The van der Waals surface area contributed by atoms with E-state index >= 15 is 0 Å². The van der Waals surface area contributed by atoms with Crippen LogP contribution < -0.4 is 0 Å². The fourth-order valence-corrected chi connectivity index (χ4v) is 5.26. The first-order valence-electron chi connectivity index (χ1n) is 11.4. The van der Waals surface area contributed by atoms with E-state index in [9.17, 15) is 0 Å². The third kappa shape index (κ3) is 2.29. The number of hydrogen-bond acceptors (Lipinski definition) is 3. The highest BCUT2D eigenvalue weighted by Gasteiger charge is 2.26. The summed E-state index contributed by atoms with van der Waals surface area (Å²) in [5.41, 5.74) is 12.5. The molecule has 0 N–H and O–H groups in total. The molecule has 3 heteroatoms. The second kappa shape index (κ2) is 5.99. The van der Waals surface area contributed by atoms with Gasteiger partial charge in [0.05, 0.1) is 16.2 Å². The summed E-state index contributed by atoms with van der Waals surface area (Å²) >= 11 is 0. The van der Waals surface area contributed by atoms with E-state index in [2.05, 4.69) is 77.9 Å². The van der Waals surface area contributed by atoms with Gasteiger partial charge < -0.3 is 13.3 Å². The highest BCUT2D eigenvalue weighted by molar-refractivity contribution is 6.36. The molecule has 0 fully saturated rings. The summed E-state index contributed by atoms with van der Waals surface area (Å²) in [6, 6.07) is 13.1. The summed E-state index contributed by atoms with van der Waals surface area (Å²) in [7, 11) is 0. The van der Waals surface area contributed by atoms with E-state index in [1.165, 1.54) is 33.4 Å². The summed E-state index contributed by atoms with van der Waals surface area (Å²) in [5, 5.41) is 6.36. The Morgan fingerprint density at radius 2 is 0.606 bits per heavy atom. The lowest BCUT2D eigenvalue weighted by molar-refractivity contribution is 0.658. The van der Waals surface area contributed by atoms with Crippen LogP contribution in [-0.2, 0) is 0 Å². The lowest BCUT2D eigenvalue weighted by Crippen LogP contribution is -1.80. The number of benzene rings is 4. The summed E-state index contributed by atoms with van der Waals surface area (Å²) in [6.07, 6.45) is 0. The Balaban J connectivity index is 1.87. The minimum Gasteiger partial charge on any atom is -0.455 e. The van der Waals surface area contributed by atoms with Crippen LogP contribution in [0, 0.1) is 41.5 Å². The first-order chi connectivity index (χ1) is 15.8. The van der Waals surface area contributed by atoms with Crippen molar-refractivity contribution in [3.63, 3.8) is 0 Å². The van der Waals surface area contributed by atoms with Gasteiger partial charge in [0.2, 0.25) is 0 Å². The van der Waals surface area contributed by atoms with Crippen LogP contribution in [0.3, 0.4) is 0 Å². The van der Waals surface area contributed by atoms with Gasteiger partial charge in [-0.05, 0) is 111 Å². The lowest BCUT2D eigenvalue weighted by Gasteiger charge is -2.00. The Kier molecular flexibility index (Phi) is 3.41. The SMILES string of the molecule is Cc1cc2oc3c(c2cc1C)c1oc2cc(C)c(C)cc2c1c1oc2cc(C)c(C)cc2c31. The molecule has 0 amide bonds. The molecule has 33 heavy (non-hydrogen) atoms. The van der Waals surface area contributed by atoms with Gasteiger partial charge in [-0.3, -0.25) is 0 Å². The predicted molar refractivity (Wildman–Crippen MR) is 137 cm³/mol. The van der Waals surface area contributed by atoms with E-state index in [1.54, 1.807) is 0 Å². The van der Waals surface area contributed by atoms with Gasteiger partial charge >= 0.3 is 0 Å². The van der Waals surface area contributed by atoms with Crippen molar-refractivity contribution in [2.75, 3.05) is 0 Å². The van der Waals surface area contributed by atoms with Gasteiger partial charge in [-0.1, -0.05) is 0 Å². The molecule has 0 aliphatic rings. The van der Waals surface area contributed by atoms with Crippen molar-refractivity contribution in [1.82, 2.24) is 0 Å². The third-order valence-corrected chi connectivity index (χ3v) is 7.59. The summed E-state index contributed by atoms with van der Waals surface area (Å²) < 4.78 is 19.7. The second-order valence-electron chi connectivity index (χ2n) is 9.72. The maximum atomic E-state index is 6.57. The molecule has 0 bridgehead atoms. The van der Waals surface area contributed by atoms with Gasteiger partial charge in [-0.15, -0.1) is 0 Å². The second-order valence-corrected chi connectivity index (χ2v) is 9.72. The van der Waals surface area contributed by atoms with Gasteiger partial charge in [-0.2, -0.15) is 0 Å². The van der Waals surface area contributed by atoms with E-state index in [1.807, 2.05) is 0 Å². The van der Waals surface area contributed by atoms with Crippen LogP contribution in [0.15, 0.2) is 49.6 Å². The average Bonchev–Trinajstić information content (AvgIpc) is 3.41. The average molecular weight is 433 g/mol. The Bertz CT molecular complexity index is 1710. The molecule has 3 heterocycles. The lowest BCUT2D eigenvalue weighted by atomic mass is 9.99. The molecule has 0 saturated heterocycles. The van der Waals surface area contributed by atoms with Crippen molar-refractivity contribution in [2.45, 2.75) is 41.5 Å². The zero-order valence-electron chi connectivity index (χ0n) is 19.7. The number of furan rings is 3. The monoisotopic (exact) mass is 432 g/mol. The molecule has 0 aliphatic carbocycles. The molecule has 7 rings (SSSR count). The van der Waals surface area contributed by atoms with E-state index in [0.717, 1.165) is 65.8 Å². The molecule has 3 nitrogen and oxygen atoms in total. The summed E-state index contributed by atoms with van der Waals surface area (Å²) in [4.78, 5) is 0. The van der Waals surface area contributed by atoms with Crippen molar-refractivity contribution in [1.29, 1.82) is 0 Å². The Hall–Kier alpha value is -3.72. The van der Waals surface area contributed by atoms with E-state index in [-0.39, 0.29) is 0 Å². The number of rotatable bonds is 0. The third-order valence-electron chi connectivity index (χ3n) is 7.59. The van der Waals surface area contributed by atoms with Crippen molar-refractivity contribution in [3.05, 3.63) is 69.8 Å². The minimum absolute atomic E-state index is 0.840. The normalized spacial score (nSPS) is 12.5. The fraction of sp³-hybridized carbons (Fsp3) is 0.200. The molecule has 0 unspecified atom stereocenters. The van der Waals surface area contributed by atoms with Gasteiger partial charge in [0.1, 0.15) is 16.7 Å². The van der Waals surface area contributed by atoms with Gasteiger partial charge in [0, 0.05) is 16.2 Å². The molecule has 0 radical (unpaired) electrons. The van der Waals surface area contributed by atoms with Crippen LogP contribution in [0.2, 0.25) is 0 Å². The van der Waals surface area contributed by atoms with Crippen molar-refractivity contribution in [2.24, 2.45) is 0 Å². The molecule has 7 aromatic rings. The molecular weight excluding hydrogens is 408 g/mol. The minimum atomic E-state index is 0.840. The molecular formula is C30H24O3. The van der Waals surface area contributed by atoms with Crippen LogP contribution >= 0.6 is 0 Å². The molecule has 3 aromatic heterocycles. The van der Waals surface area contributed by atoms with Crippen LogP contribution in [-0.4, -0.2) is 0 Å². The predicted octanol–water partition coefficient (Wildman–Crippen LogP) is 9.24. The molecule has 0 spiro atoms. The van der Waals surface area contributed by atoms with E-state index < -0.39 is 0 Å². The molecule has 162 valence electrons. The van der Waals surface area contributed by atoms with Crippen molar-refractivity contribution >= 4 is 65.8 Å². The van der Waals surface area contributed by atoms with E-state index in [0.29, 0.717) is 0 Å². The van der Waals surface area contributed by atoms with Gasteiger partial charge in [-0.25, -0.2) is 0 Å². The number of hydrogen-bond donors (Lipinski definition) is 0. The highest BCUT2D eigenvalue weighted by atomic mass is 16.4. The zero-order chi connectivity index (χ0) is 22.8. The first kappa shape index (κ1) is 18.8. The highest BCUT2D eigenvalue weighted by Crippen LogP contribution is 2.48. The standard InChI is InChI=1S/C30H24O3/c1-13-7-19-22(10-16(13)4)31-28-25(19)29-27(20-8-14(2)17(5)11-23(20)32-29)30-26(28)21-9-15(3)18(6)12-24(21)33-30/h7-12H,1-6H3. The topological polar surface area (TPSA) is 39.4 Å². The summed E-state index contributed by atoms with van der Waals surface area (Å²) in [5.74, 6) is 0. The number of fused-ring (bicyclic) bond motifs is 12. The smallest absolute Gasteiger partial charge is 0.150 e. The Morgan fingerprint density at radius 3 is 0.879 bits per heavy atom. The Morgan fingerprint density at radius 1 is 0.364 bits per heavy atom. The zero-order valence-corrected chi connectivity index (χ0v) is 19.7. The summed E-state index contributed by atoms with van der Waals surface area (Å²) in [6.45, 7) is 12.8. The molecule has 4 aromatic carbocycles. The quantitative estimate of drug-likeness (QED) is 0.240. The van der Waals surface area contributed by atoms with Crippen molar-refractivity contribution in [3.8, 4) is 0 Å². The molecule has 0 atom stereocenters. The van der Waals surface area contributed by atoms with Gasteiger partial charge in [0.15, 0.2) is 16.7 Å². The first-order valence-corrected chi connectivity index (χ1v) is 11.4. The molecule has 0 aliphatic heterocycles. The van der Waals surface area contributed by atoms with E-state index in [4.69, 9.17) is 13.3 Å². The van der Waals surface area contributed by atoms with Crippen LogP contribution in [0.5, 0.6) is 0 Å². The molecule has 0 saturated carbocycles. The van der Waals surface area contributed by atoms with Crippen LogP contribution in [0.1, 0.15) is 33.4 Å². The maximum absolute atomic E-state index is 6.57. The van der Waals surface area contributed by atoms with Gasteiger partial charge in [0.25, 0.3) is 0 Å².